The fourth-order valence-electron chi connectivity index (χ4n) is 0.399. The van der Waals surface area contributed by atoms with Crippen LogP contribution in [0.4, 0.5) is 0 Å². The molecule has 0 fully saturated rings. The molecule has 0 unspecified atom stereocenters. The zero-order chi connectivity index (χ0) is 13.1. The number of allylic oxidation sites excluding steroid dienone is 3. The summed E-state index contributed by atoms with van der Waals surface area (Å²) in [4.78, 5) is 9.90. The second kappa shape index (κ2) is 49.3. The number of carbonyl (C=O) groups is 1. The maximum Gasteiger partial charge on any atom is 0 e. The van der Waals surface area contributed by atoms with Crippen molar-refractivity contribution in [1.82, 2.24) is 0 Å². The Morgan fingerprint density at radius 2 is 1.56 bits per heavy atom. The molecule has 0 saturated carbocycles. The average molecular weight is 266 g/mol. The first-order valence-corrected chi connectivity index (χ1v) is 3.38. The molecule has 0 aliphatic rings. The standard InChI is InChI=1S/C7H10O2.3CO.Fe/c1-2-3-4-5-6-7(8)9;3*1-2;/h2-4H,1,5-6H2,(H,8,9);;;;/b4-3+;;;;. The molecule has 0 saturated heterocycles. The van der Waals surface area contributed by atoms with E-state index >= 15 is 0 Å². The number of carboxylic acids is 1. The Labute approximate surface area is 105 Å². The number of hydrogen-bond acceptors (Lipinski definition) is 1. The van der Waals surface area contributed by atoms with E-state index in [1.165, 1.54) is 0 Å². The van der Waals surface area contributed by atoms with Crippen LogP contribution < -0.4 is 0 Å². The summed E-state index contributed by atoms with van der Waals surface area (Å²) < 4.78 is 22.5. The second-order valence-electron chi connectivity index (χ2n) is 1.60. The van der Waals surface area contributed by atoms with Crippen molar-refractivity contribution < 1.29 is 40.9 Å². The summed E-state index contributed by atoms with van der Waals surface area (Å²) in [6.07, 6.45) is 5.93. The number of hydrogen-bond donors (Lipinski definition) is 1. The molecule has 1 N–H and O–H groups in total. The Kier molecular flexibility index (Phi) is 90.3. The molecule has 6 heteroatoms. The van der Waals surface area contributed by atoms with E-state index in [9.17, 15) is 4.79 Å². The Balaban J connectivity index is -0.0000000498. The summed E-state index contributed by atoms with van der Waals surface area (Å²) >= 11 is 0. The molecule has 0 aromatic rings. The van der Waals surface area contributed by atoms with E-state index in [0.717, 1.165) is 0 Å². The van der Waals surface area contributed by atoms with Gasteiger partial charge in [-0.25, -0.2) is 0 Å². The van der Waals surface area contributed by atoms with E-state index in [2.05, 4.69) is 26.5 Å². The molecule has 0 aromatic carbocycles. The van der Waals surface area contributed by atoms with Crippen LogP contribution in [0.3, 0.4) is 0 Å². The molecule has 0 aliphatic carbocycles. The van der Waals surface area contributed by atoms with Crippen LogP contribution in [0.15, 0.2) is 24.8 Å². The van der Waals surface area contributed by atoms with Gasteiger partial charge in [0.2, 0.25) is 0 Å². The molecule has 0 rings (SSSR count). The molecule has 0 bridgehead atoms. The minimum absolute atomic E-state index is 0. The minimum atomic E-state index is -0.760. The summed E-state index contributed by atoms with van der Waals surface area (Å²) in [5.74, 6) is -0.760. The van der Waals surface area contributed by atoms with Gasteiger partial charge in [-0.05, 0) is 6.42 Å². The Bertz CT molecular complexity index is 213. The second-order valence-corrected chi connectivity index (χ2v) is 1.60. The molecule has 0 spiro atoms. The van der Waals surface area contributed by atoms with Gasteiger partial charge in [0.1, 0.15) is 0 Å². The monoisotopic (exact) mass is 266 g/mol. The third-order valence-electron chi connectivity index (χ3n) is 0.797. The van der Waals surface area contributed by atoms with Crippen LogP contribution in [-0.2, 0) is 35.8 Å². The molecule has 0 radical (unpaired) electrons. The number of carboxylic acid groups (broad SMARTS) is 1. The number of rotatable bonds is 4. The van der Waals surface area contributed by atoms with E-state index < -0.39 is 5.97 Å². The molecular formula is C10H10FeO5. The van der Waals surface area contributed by atoms with Crippen molar-refractivity contribution in [2.45, 2.75) is 12.8 Å². The molecule has 0 aromatic heterocycles. The quantitative estimate of drug-likeness (QED) is 0.361. The van der Waals surface area contributed by atoms with E-state index in [1.807, 2.05) is 0 Å². The van der Waals surface area contributed by atoms with E-state index in [1.54, 1.807) is 18.2 Å². The maximum absolute atomic E-state index is 9.90. The zero-order valence-electron chi connectivity index (χ0n) is 8.29. The first-order chi connectivity index (χ1) is 7.27. The molecular weight excluding hydrogens is 256 g/mol. The van der Waals surface area contributed by atoms with Crippen molar-refractivity contribution in [3.8, 4) is 0 Å². The first-order valence-electron chi connectivity index (χ1n) is 3.38. The van der Waals surface area contributed by atoms with E-state index in [0.29, 0.717) is 6.42 Å². The van der Waals surface area contributed by atoms with Crippen LogP contribution in [0, 0.1) is 20.0 Å². The van der Waals surface area contributed by atoms with Crippen LogP contribution in [0.5, 0.6) is 0 Å². The van der Waals surface area contributed by atoms with E-state index in [4.69, 9.17) is 19.1 Å². The van der Waals surface area contributed by atoms with Crippen molar-refractivity contribution in [1.29, 1.82) is 0 Å². The van der Waals surface area contributed by atoms with Crippen LogP contribution in [0.2, 0.25) is 0 Å². The van der Waals surface area contributed by atoms with Crippen LogP contribution >= 0.6 is 0 Å². The molecule has 5 nitrogen and oxygen atoms in total. The summed E-state index contributed by atoms with van der Waals surface area (Å²) in [5, 5.41) is 8.15. The van der Waals surface area contributed by atoms with E-state index in [-0.39, 0.29) is 23.5 Å². The van der Waals surface area contributed by atoms with Crippen molar-refractivity contribution in [2.24, 2.45) is 0 Å². The van der Waals surface area contributed by atoms with Gasteiger partial charge in [0, 0.05) is 23.5 Å². The summed E-state index contributed by atoms with van der Waals surface area (Å²) in [6.45, 7) is 16.9. The SMILES string of the molecule is C=C/C=C/CCC(=O)O.[C-]#[O+].[C-]#[O+].[C-]#[O+].[Fe]. The molecule has 0 aliphatic heterocycles. The number of aliphatic carboxylic acids is 1. The molecule has 0 atom stereocenters. The van der Waals surface area contributed by atoms with Crippen LogP contribution in [0.1, 0.15) is 12.8 Å². The summed E-state index contributed by atoms with van der Waals surface area (Å²) in [6, 6.07) is 0. The normalized spacial score (nSPS) is 5.88. The van der Waals surface area contributed by atoms with Gasteiger partial charge in [-0.1, -0.05) is 24.8 Å². The van der Waals surface area contributed by atoms with Crippen LogP contribution in [-0.4, -0.2) is 11.1 Å². The van der Waals surface area contributed by atoms with Crippen molar-refractivity contribution in [3.05, 3.63) is 44.8 Å². The van der Waals surface area contributed by atoms with Gasteiger partial charge in [-0.15, -0.1) is 0 Å². The van der Waals surface area contributed by atoms with Crippen molar-refractivity contribution in [2.75, 3.05) is 0 Å². The third-order valence-corrected chi connectivity index (χ3v) is 0.797. The van der Waals surface area contributed by atoms with Gasteiger partial charge in [0.25, 0.3) is 0 Å². The predicted molar refractivity (Wildman–Crippen MR) is 48.0 cm³/mol. The van der Waals surface area contributed by atoms with Crippen molar-refractivity contribution in [3.63, 3.8) is 0 Å². The average Bonchev–Trinajstić information content (AvgIpc) is 2.32. The fourth-order valence-corrected chi connectivity index (χ4v) is 0.399. The maximum atomic E-state index is 9.90. The Hall–Kier alpha value is -1.31. The first kappa shape index (κ1) is 29.3. The zero-order valence-corrected chi connectivity index (χ0v) is 9.39. The molecule has 16 heavy (non-hydrogen) atoms. The van der Waals surface area contributed by atoms with Gasteiger partial charge < -0.3 is 5.11 Å². The molecule has 88 valence electrons. The fraction of sp³-hybridized carbons (Fsp3) is 0.200. The summed E-state index contributed by atoms with van der Waals surface area (Å²) in [7, 11) is 0. The van der Waals surface area contributed by atoms with Gasteiger partial charge in [0.05, 0.1) is 0 Å². The van der Waals surface area contributed by atoms with Gasteiger partial charge in [0.15, 0.2) is 0 Å². The van der Waals surface area contributed by atoms with Gasteiger partial charge in [-0.2, -0.15) is 0 Å². The van der Waals surface area contributed by atoms with Gasteiger partial charge >= 0.3 is 39.9 Å². The van der Waals surface area contributed by atoms with Crippen LogP contribution in [0.25, 0.3) is 0 Å². The van der Waals surface area contributed by atoms with Gasteiger partial charge in [-0.3, -0.25) is 4.79 Å². The molecule has 0 heterocycles. The largest absolute Gasteiger partial charge is 0 e. The third kappa shape index (κ3) is 78.8. The Morgan fingerprint density at radius 3 is 1.81 bits per heavy atom. The topological polar surface area (TPSA) is 97.0 Å². The minimum Gasteiger partial charge on any atom is 0 e. The predicted octanol–water partition coefficient (Wildman–Crippen LogP) is 1.48. The molecule has 0 amide bonds. The Morgan fingerprint density at radius 1 is 1.19 bits per heavy atom. The summed E-state index contributed by atoms with van der Waals surface area (Å²) in [5.41, 5.74) is 0. The van der Waals surface area contributed by atoms with Crippen molar-refractivity contribution >= 4 is 5.97 Å². The smallest absolute Gasteiger partial charge is 0 e.